The van der Waals surface area contributed by atoms with E-state index in [1.165, 1.54) is 28.8 Å². The van der Waals surface area contributed by atoms with Gasteiger partial charge in [0.1, 0.15) is 11.3 Å². The number of β-amino-alcohol motifs (C(OH)–C–C–N with tert-alkyl or cyclic N) is 1. The molecule has 1 aromatic heterocycles. The van der Waals surface area contributed by atoms with E-state index in [0.29, 0.717) is 26.2 Å². The molecule has 7 nitrogen and oxygen atoms in total. The van der Waals surface area contributed by atoms with Crippen LogP contribution in [0.25, 0.3) is 0 Å². The second-order valence-corrected chi connectivity index (χ2v) is 5.69. The van der Waals surface area contributed by atoms with Gasteiger partial charge in [0.2, 0.25) is 0 Å². The standard InChI is InChI=1S/C14H21N3O4/c1-10(2)14(20)8-16(9-14)13(19)11-4-5-12(18)17(15-11)6-7-21-3/h4-5,10,20H,6-9H2,1-3H3. The Morgan fingerprint density at radius 3 is 2.71 bits per heavy atom. The van der Waals surface area contributed by atoms with Crippen molar-refractivity contribution < 1.29 is 14.6 Å². The van der Waals surface area contributed by atoms with E-state index in [1.807, 2.05) is 13.8 Å². The van der Waals surface area contributed by atoms with Gasteiger partial charge in [0, 0.05) is 13.2 Å². The molecule has 2 heterocycles. The van der Waals surface area contributed by atoms with E-state index in [-0.39, 0.29) is 23.1 Å². The van der Waals surface area contributed by atoms with Gasteiger partial charge in [-0.05, 0) is 12.0 Å². The summed E-state index contributed by atoms with van der Waals surface area (Å²) < 4.78 is 6.12. The van der Waals surface area contributed by atoms with Gasteiger partial charge in [-0.2, -0.15) is 5.10 Å². The molecular weight excluding hydrogens is 274 g/mol. The Labute approximate surface area is 123 Å². The molecule has 1 amide bonds. The molecule has 1 saturated heterocycles. The van der Waals surface area contributed by atoms with Gasteiger partial charge < -0.3 is 14.7 Å². The molecule has 7 heteroatoms. The topological polar surface area (TPSA) is 84.7 Å². The number of rotatable bonds is 5. The summed E-state index contributed by atoms with van der Waals surface area (Å²) in [5.74, 6) is -0.184. The van der Waals surface area contributed by atoms with Crippen molar-refractivity contribution in [3.05, 3.63) is 28.2 Å². The molecule has 1 N–H and O–H groups in total. The summed E-state index contributed by atoms with van der Waals surface area (Å²) in [5.41, 5.74) is -0.887. The molecule has 0 bridgehead atoms. The van der Waals surface area contributed by atoms with Crippen molar-refractivity contribution in [2.45, 2.75) is 26.0 Å². The van der Waals surface area contributed by atoms with Crippen LogP contribution in [-0.4, -0.2) is 58.1 Å². The van der Waals surface area contributed by atoms with Crippen molar-refractivity contribution >= 4 is 5.91 Å². The molecule has 1 aliphatic rings. The van der Waals surface area contributed by atoms with Crippen LogP contribution >= 0.6 is 0 Å². The molecule has 2 rings (SSSR count). The molecular formula is C14H21N3O4. The number of nitrogens with zero attached hydrogens (tertiary/aromatic N) is 3. The summed E-state index contributed by atoms with van der Waals surface area (Å²) in [4.78, 5) is 25.4. The Hall–Kier alpha value is -1.73. The van der Waals surface area contributed by atoms with Crippen molar-refractivity contribution in [3.8, 4) is 0 Å². The first kappa shape index (κ1) is 15.7. The smallest absolute Gasteiger partial charge is 0.274 e. The Balaban J connectivity index is 2.09. The summed E-state index contributed by atoms with van der Waals surface area (Å²) in [7, 11) is 1.53. The Kier molecular flexibility index (Phi) is 4.43. The fraction of sp³-hybridized carbons (Fsp3) is 0.643. The second-order valence-electron chi connectivity index (χ2n) is 5.69. The normalized spacial score (nSPS) is 16.9. The zero-order valence-corrected chi connectivity index (χ0v) is 12.6. The molecule has 21 heavy (non-hydrogen) atoms. The van der Waals surface area contributed by atoms with E-state index < -0.39 is 5.60 Å². The molecule has 1 aliphatic heterocycles. The third-order valence-corrected chi connectivity index (χ3v) is 3.88. The maximum atomic E-state index is 12.3. The van der Waals surface area contributed by atoms with Crippen LogP contribution in [-0.2, 0) is 11.3 Å². The van der Waals surface area contributed by atoms with E-state index in [1.54, 1.807) is 0 Å². The van der Waals surface area contributed by atoms with Crippen LogP contribution in [0.2, 0.25) is 0 Å². The molecule has 116 valence electrons. The predicted molar refractivity (Wildman–Crippen MR) is 76.1 cm³/mol. The number of amides is 1. The van der Waals surface area contributed by atoms with Gasteiger partial charge in [-0.25, -0.2) is 4.68 Å². The summed E-state index contributed by atoms with van der Waals surface area (Å²) >= 11 is 0. The first-order valence-corrected chi connectivity index (χ1v) is 6.96. The highest BCUT2D eigenvalue weighted by molar-refractivity contribution is 5.92. The highest BCUT2D eigenvalue weighted by Gasteiger charge is 2.46. The summed E-state index contributed by atoms with van der Waals surface area (Å²) in [5, 5.41) is 14.2. The third-order valence-electron chi connectivity index (χ3n) is 3.88. The number of likely N-dealkylation sites (tertiary alicyclic amines) is 1. The average molecular weight is 295 g/mol. The third kappa shape index (κ3) is 3.14. The number of hydrogen-bond donors (Lipinski definition) is 1. The minimum absolute atomic E-state index is 0.0881. The molecule has 1 aromatic rings. The van der Waals surface area contributed by atoms with E-state index >= 15 is 0 Å². The lowest BCUT2D eigenvalue weighted by Crippen LogP contribution is -2.66. The zero-order valence-electron chi connectivity index (χ0n) is 12.6. The van der Waals surface area contributed by atoms with E-state index in [9.17, 15) is 14.7 Å². The van der Waals surface area contributed by atoms with Crippen LogP contribution in [0.5, 0.6) is 0 Å². The van der Waals surface area contributed by atoms with Gasteiger partial charge in [0.05, 0.1) is 26.2 Å². The lowest BCUT2D eigenvalue weighted by Gasteiger charge is -2.48. The van der Waals surface area contributed by atoms with Crippen molar-refractivity contribution in [2.75, 3.05) is 26.8 Å². The van der Waals surface area contributed by atoms with Crippen molar-refractivity contribution in [3.63, 3.8) is 0 Å². The molecule has 0 saturated carbocycles. The number of hydrogen-bond acceptors (Lipinski definition) is 5. The Morgan fingerprint density at radius 1 is 1.48 bits per heavy atom. The number of carbonyl (C=O) groups is 1. The van der Waals surface area contributed by atoms with E-state index in [4.69, 9.17) is 4.74 Å². The van der Waals surface area contributed by atoms with E-state index in [2.05, 4.69) is 5.10 Å². The second kappa shape index (κ2) is 5.95. The maximum Gasteiger partial charge on any atom is 0.274 e. The van der Waals surface area contributed by atoms with Crippen LogP contribution in [0, 0.1) is 5.92 Å². The van der Waals surface area contributed by atoms with Gasteiger partial charge in [0.25, 0.3) is 11.5 Å². The van der Waals surface area contributed by atoms with Crippen LogP contribution in [0.3, 0.4) is 0 Å². The van der Waals surface area contributed by atoms with E-state index in [0.717, 1.165) is 0 Å². The molecule has 0 aromatic carbocycles. The molecule has 0 unspecified atom stereocenters. The largest absolute Gasteiger partial charge is 0.386 e. The number of aliphatic hydroxyl groups is 1. The number of ether oxygens (including phenoxy) is 1. The molecule has 0 spiro atoms. The highest BCUT2D eigenvalue weighted by atomic mass is 16.5. The Morgan fingerprint density at radius 2 is 2.14 bits per heavy atom. The summed E-state index contributed by atoms with van der Waals surface area (Å²) in [6.45, 7) is 5.08. The van der Waals surface area contributed by atoms with Crippen LogP contribution < -0.4 is 5.56 Å². The number of carbonyl (C=O) groups excluding carboxylic acids is 1. The number of aromatic nitrogens is 2. The molecule has 0 radical (unpaired) electrons. The fourth-order valence-electron chi connectivity index (χ4n) is 2.19. The lowest BCUT2D eigenvalue weighted by molar-refractivity contribution is -0.111. The van der Waals surface area contributed by atoms with Crippen molar-refractivity contribution in [1.29, 1.82) is 0 Å². The number of methoxy groups -OCH3 is 1. The average Bonchev–Trinajstić information content (AvgIpc) is 2.42. The van der Waals surface area contributed by atoms with Crippen LogP contribution in [0.1, 0.15) is 24.3 Å². The zero-order chi connectivity index (χ0) is 15.6. The Bertz CT molecular complexity index is 576. The summed E-state index contributed by atoms with van der Waals surface area (Å²) in [6.07, 6.45) is 0. The first-order chi connectivity index (χ1) is 9.87. The monoisotopic (exact) mass is 295 g/mol. The van der Waals surface area contributed by atoms with Crippen molar-refractivity contribution in [1.82, 2.24) is 14.7 Å². The molecule has 0 aliphatic carbocycles. The lowest BCUT2D eigenvalue weighted by atomic mass is 9.83. The maximum absolute atomic E-state index is 12.3. The predicted octanol–water partition coefficient (Wildman–Crippen LogP) is -0.267. The summed E-state index contributed by atoms with van der Waals surface area (Å²) in [6, 6.07) is 2.74. The van der Waals surface area contributed by atoms with Gasteiger partial charge in [-0.15, -0.1) is 0 Å². The van der Waals surface area contributed by atoms with Crippen LogP contribution in [0.15, 0.2) is 16.9 Å². The SMILES string of the molecule is COCCn1nc(C(=O)N2CC(O)(C(C)C)C2)ccc1=O. The minimum atomic E-state index is -0.819. The van der Waals surface area contributed by atoms with Gasteiger partial charge in [-0.1, -0.05) is 13.8 Å². The van der Waals surface area contributed by atoms with Gasteiger partial charge >= 0.3 is 0 Å². The molecule has 0 atom stereocenters. The quantitative estimate of drug-likeness (QED) is 0.808. The van der Waals surface area contributed by atoms with Crippen LogP contribution in [0.4, 0.5) is 0 Å². The van der Waals surface area contributed by atoms with Gasteiger partial charge in [0.15, 0.2) is 0 Å². The highest BCUT2D eigenvalue weighted by Crippen LogP contribution is 2.29. The fourth-order valence-corrected chi connectivity index (χ4v) is 2.19. The molecule has 1 fully saturated rings. The minimum Gasteiger partial charge on any atom is -0.386 e. The van der Waals surface area contributed by atoms with Gasteiger partial charge in [-0.3, -0.25) is 9.59 Å². The first-order valence-electron chi connectivity index (χ1n) is 6.96. The van der Waals surface area contributed by atoms with Crippen molar-refractivity contribution in [2.24, 2.45) is 5.92 Å².